The first-order valence-electron chi connectivity index (χ1n) is 6.45. The Kier molecular flexibility index (Phi) is 7.88. The van der Waals surface area contributed by atoms with E-state index in [9.17, 15) is 0 Å². The summed E-state index contributed by atoms with van der Waals surface area (Å²) in [6.07, 6.45) is 6.45. The van der Waals surface area contributed by atoms with Crippen LogP contribution in [0.15, 0.2) is 0 Å². The summed E-state index contributed by atoms with van der Waals surface area (Å²) in [4.78, 5) is 0. The van der Waals surface area contributed by atoms with Crippen molar-refractivity contribution in [3.63, 3.8) is 0 Å². The Morgan fingerprint density at radius 1 is 1.33 bits per heavy atom. The van der Waals surface area contributed by atoms with Crippen molar-refractivity contribution in [1.29, 1.82) is 0 Å². The van der Waals surface area contributed by atoms with Gasteiger partial charge in [0.25, 0.3) is 0 Å². The number of ether oxygens (including phenoxy) is 1. The Hall–Kier alpha value is -0.120. The lowest BCUT2D eigenvalue weighted by Crippen LogP contribution is -2.42. The third-order valence-electron chi connectivity index (χ3n) is 2.87. The molecule has 1 aliphatic heterocycles. The van der Waals surface area contributed by atoms with Gasteiger partial charge in [0.1, 0.15) is 0 Å². The highest BCUT2D eigenvalue weighted by molar-refractivity contribution is 4.73. The van der Waals surface area contributed by atoms with Crippen molar-refractivity contribution in [1.82, 2.24) is 10.6 Å². The Morgan fingerprint density at radius 2 is 2.27 bits per heavy atom. The van der Waals surface area contributed by atoms with Crippen molar-refractivity contribution >= 4 is 0 Å². The van der Waals surface area contributed by atoms with Crippen LogP contribution in [0.3, 0.4) is 0 Å². The first-order valence-corrected chi connectivity index (χ1v) is 6.45. The average molecular weight is 214 g/mol. The molecule has 0 radical (unpaired) electrons. The monoisotopic (exact) mass is 214 g/mol. The molecule has 1 atom stereocenters. The van der Waals surface area contributed by atoms with Gasteiger partial charge in [0.2, 0.25) is 0 Å². The summed E-state index contributed by atoms with van der Waals surface area (Å²) in [6.45, 7) is 7.24. The molecule has 15 heavy (non-hydrogen) atoms. The summed E-state index contributed by atoms with van der Waals surface area (Å²) in [5, 5.41) is 6.97. The minimum Gasteiger partial charge on any atom is -0.380 e. The molecular formula is C12H26N2O. The van der Waals surface area contributed by atoms with E-state index >= 15 is 0 Å². The van der Waals surface area contributed by atoms with Gasteiger partial charge in [-0.2, -0.15) is 0 Å². The molecule has 3 heteroatoms. The van der Waals surface area contributed by atoms with Crippen molar-refractivity contribution in [2.75, 3.05) is 32.8 Å². The second kappa shape index (κ2) is 9.13. The van der Waals surface area contributed by atoms with Crippen LogP contribution < -0.4 is 10.6 Å². The minimum atomic E-state index is 0.689. The normalized spacial score (nSPS) is 21.8. The van der Waals surface area contributed by atoms with E-state index in [1.165, 1.54) is 38.6 Å². The molecule has 0 saturated carbocycles. The maximum absolute atomic E-state index is 5.48. The van der Waals surface area contributed by atoms with E-state index in [0.717, 1.165) is 26.3 Å². The number of rotatable bonds is 8. The fraction of sp³-hybridized carbons (Fsp3) is 1.00. The summed E-state index contributed by atoms with van der Waals surface area (Å²) in [5.41, 5.74) is 0. The Bertz CT molecular complexity index is 136. The van der Waals surface area contributed by atoms with Crippen LogP contribution in [0.2, 0.25) is 0 Å². The second-order valence-electron chi connectivity index (χ2n) is 4.32. The van der Waals surface area contributed by atoms with Crippen molar-refractivity contribution in [3.8, 4) is 0 Å². The quantitative estimate of drug-likeness (QED) is 0.601. The molecule has 1 heterocycles. The van der Waals surface area contributed by atoms with Crippen LogP contribution in [-0.2, 0) is 4.74 Å². The van der Waals surface area contributed by atoms with E-state index < -0.39 is 0 Å². The summed E-state index contributed by atoms with van der Waals surface area (Å²) < 4.78 is 5.48. The highest BCUT2D eigenvalue weighted by atomic mass is 16.5. The molecule has 2 N–H and O–H groups in total. The van der Waals surface area contributed by atoms with Gasteiger partial charge in [0.15, 0.2) is 0 Å². The zero-order chi connectivity index (χ0) is 10.8. The summed E-state index contributed by atoms with van der Waals surface area (Å²) in [7, 11) is 0. The maximum Gasteiger partial charge on any atom is 0.0590 e. The zero-order valence-corrected chi connectivity index (χ0v) is 10.1. The standard InChI is InChI=1S/C12H26N2O/c1-2-3-9-15-10-8-13-11-12-6-4-5-7-14-12/h12-14H,2-11H2,1H3. The third-order valence-corrected chi connectivity index (χ3v) is 2.87. The number of nitrogens with one attached hydrogen (secondary N) is 2. The number of unbranched alkanes of at least 4 members (excludes halogenated alkanes) is 1. The van der Waals surface area contributed by atoms with Crippen LogP contribution in [0.25, 0.3) is 0 Å². The van der Waals surface area contributed by atoms with Gasteiger partial charge >= 0.3 is 0 Å². The molecule has 0 spiro atoms. The Balaban J connectivity index is 1.79. The lowest BCUT2D eigenvalue weighted by Gasteiger charge is -2.23. The predicted octanol–water partition coefficient (Wildman–Crippen LogP) is 1.53. The fourth-order valence-corrected chi connectivity index (χ4v) is 1.87. The zero-order valence-electron chi connectivity index (χ0n) is 10.1. The smallest absolute Gasteiger partial charge is 0.0590 e. The van der Waals surface area contributed by atoms with E-state index in [1.54, 1.807) is 0 Å². The molecule has 1 saturated heterocycles. The number of hydrogen-bond donors (Lipinski definition) is 2. The fourth-order valence-electron chi connectivity index (χ4n) is 1.87. The van der Waals surface area contributed by atoms with Gasteiger partial charge < -0.3 is 15.4 Å². The predicted molar refractivity (Wildman–Crippen MR) is 64.2 cm³/mol. The van der Waals surface area contributed by atoms with Crippen LogP contribution in [0.5, 0.6) is 0 Å². The molecule has 0 aromatic carbocycles. The molecule has 1 fully saturated rings. The van der Waals surface area contributed by atoms with E-state index in [4.69, 9.17) is 4.74 Å². The van der Waals surface area contributed by atoms with Crippen LogP contribution >= 0.6 is 0 Å². The highest BCUT2D eigenvalue weighted by Gasteiger charge is 2.10. The molecule has 0 amide bonds. The van der Waals surface area contributed by atoms with Gasteiger partial charge in [-0.25, -0.2) is 0 Å². The first-order chi connectivity index (χ1) is 7.43. The highest BCUT2D eigenvalue weighted by Crippen LogP contribution is 2.05. The topological polar surface area (TPSA) is 33.3 Å². The third kappa shape index (κ3) is 6.88. The first kappa shape index (κ1) is 12.9. The van der Waals surface area contributed by atoms with Crippen LogP contribution in [-0.4, -0.2) is 38.9 Å². The average Bonchev–Trinajstić information content (AvgIpc) is 2.29. The molecule has 0 aliphatic carbocycles. The van der Waals surface area contributed by atoms with Gasteiger partial charge in [0, 0.05) is 25.7 Å². The molecule has 1 aliphatic rings. The molecule has 0 aromatic rings. The van der Waals surface area contributed by atoms with E-state index in [-0.39, 0.29) is 0 Å². The maximum atomic E-state index is 5.48. The van der Waals surface area contributed by atoms with Crippen molar-refractivity contribution in [2.45, 2.75) is 45.1 Å². The molecule has 0 aromatic heterocycles. The van der Waals surface area contributed by atoms with Crippen molar-refractivity contribution in [2.24, 2.45) is 0 Å². The van der Waals surface area contributed by atoms with E-state index in [1.807, 2.05) is 0 Å². The largest absolute Gasteiger partial charge is 0.380 e. The summed E-state index contributed by atoms with van der Waals surface area (Å²) in [6, 6.07) is 0.689. The van der Waals surface area contributed by atoms with E-state index in [2.05, 4.69) is 17.6 Å². The Labute approximate surface area is 94.0 Å². The Morgan fingerprint density at radius 3 is 3.00 bits per heavy atom. The number of piperidine rings is 1. The van der Waals surface area contributed by atoms with Crippen molar-refractivity contribution in [3.05, 3.63) is 0 Å². The van der Waals surface area contributed by atoms with E-state index in [0.29, 0.717) is 6.04 Å². The summed E-state index contributed by atoms with van der Waals surface area (Å²) >= 11 is 0. The van der Waals surface area contributed by atoms with Crippen LogP contribution in [0.4, 0.5) is 0 Å². The SMILES string of the molecule is CCCCOCCNCC1CCCCN1. The molecule has 1 rings (SSSR count). The van der Waals surface area contributed by atoms with Gasteiger partial charge in [-0.05, 0) is 25.8 Å². The summed E-state index contributed by atoms with van der Waals surface area (Å²) in [5.74, 6) is 0. The molecule has 1 unspecified atom stereocenters. The van der Waals surface area contributed by atoms with Crippen LogP contribution in [0, 0.1) is 0 Å². The van der Waals surface area contributed by atoms with Gasteiger partial charge in [-0.3, -0.25) is 0 Å². The van der Waals surface area contributed by atoms with Crippen LogP contribution in [0.1, 0.15) is 39.0 Å². The van der Waals surface area contributed by atoms with Crippen molar-refractivity contribution < 1.29 is 4.74 Å². The molecule has 0 bridgehead atoms. The lowest BCUT2D eigenvalue weighted by molar-refractivity contribution is 0.132. The second-order valence-corrected chi connectivity index (χ2v) is 4.32. The van der Waals surface area contributed by atoms with Gasteiger partial charge in [-0.15, -0.1) is 0 Å². The number of hydrogen-bond acceptors (Lipinski definition) is 3. The molecule has 3 nitrogen and oxygen atoms in total. The minimum absolute atomic E-state index is 0.689. The molecular weight excluding hydrogens is 188 g/mol. The molecule has 90 valence electrons. The van der Waals surface area contributed by atoms with Gasteiger partial charge in [0.05, 0.1) is 6.61 Å². The van der Waals surface area contributed by atoms with Gasteiger partial charge in [-0.1, -0.05) is 19.8 Å². The lowest BCUT2D eigenvalue weighted by atomic mass is 10.1.